The maximum atomic E-state index is 13.2. The van der Waals surface area contributed by atoms with Crippen LogP contribution in [0.3, 0.4) is 0 Å². The summed E-state index contributed by atoms with van der Waals surface area (Å²) in [6, 6.07) is 7.42. The molecule has 1 aromatic carbocycles. The van der Waals surface area contributed by atoms with E-state index in [-0.39, 0.29) is 11.6 Å². The summed E-state index contributed by atoms with van der Waals surface area (Å²) in [6.45, 7) is -0.171. The predicted octanol–water partition coefficient (Wildman–Crippen LogP) is 1.38. The van der Waals surface area contributed by atoms with E-state index in [1.165, 1.54) is 41.1 Å². The zero-order chi connectivity index (χ0) is 16.6. The van der Waals surface area contributed by atoms with Crippen LogP contribution in [0.15, 0.2) is 47.4 Å². The molecular weight excluding hydrogens is 325 g/mol. The number of rotatable bonds is 3. The highest BCUT2D eigenvalue weighted by Gasteiger charge is 2.48. The molecule has 0 aliphatic carbocycles. The van der Waals surface area contributed by atoms with Crippen molar-refractivity contribution in [1.82, 2.24) is 15.2 Å². The Kier molecular flexibility index (Phi) is 3.65. The molecule has 1 atom stereocenters. The Morgan fingerprint density at radius 3 is 2.43 bits per heavy atom. The molecule has 8 heteroatoms. The van der Waals surface area contributed by atoms with Crippen molar-refractivity contribution in [1.29, 1.82) is 0 Å². The first kappa shape index (κ1) is 15.2. The second-order valence-corrected chi connectivity index (χ2v) is 5.52. The van der Waals surface area contributed by atoms with Crippen LogP contribution in [0.5, 0.6) is 0 Å². The van der Waals surface area contributed by atoms with E-state index in [1.807, 2.05) is 0 Å². The summed E-state index contributed by atoms with van der Waals surface area (Å²) < 4.78 is 14.4. The fraction of sp³-hybridized carbons (Fsp3) is 0.133. The number of aromatic nitrogens is 1. The van der Waals surface area contributed by atoms with E-state index < -0.39 is 28.9 Å². The lowest BCUT2D eigenvalue weighted by atomic mass is 9.89. The number of amides is 3. The molecule has 118 valence electrons. The van der Waals surface area contributed by atoms with Gasteiger partial charge in [-0.2, -0.15) is 0 Å². The molecular formula is C15H11ClFN3O3. The zero-order valence-electron chi connectivity index (χ0n) is 11.7. The first-order chi connectivity index (χ1) is 10.9. The van der Waals surface area contributed by atoms with Gasteiger partial charge in [-0.05, 0) is 29.8 Å². The van der Waals surface area contributed by atoms with Crippen LogP contribution in [0, 0.1) is 5.82 Å². The van der Waals surface area contributed by atoms with Gasteiger partial charge in [-0.3, -0.25) is 14.9 Å². The Morgan fingerprint density at radius 1 is 1.13 bits per heavy atom. The Morgan fingerprint density at radius 2 is 1.83 bits per heavy atom. The van der Waals surface area contributed by atoms with Crippen molar-refractivity contribution in [2.75, 3.05) is 0 Å². The van der Waals surface area contributed by atoms with Gasteiger partial charge in [0.15, 0.2) is 5.54 Å². The first-order valence-electron chi connectivity index (χ1n) is 6.67. The Hall–Kier alpha value is -2.67. The number of hydrogen-bond acceptors (Lipinski definition) is 3. The van der Waals surface area contributed by atoms with E-state index >= 15 is 0 Å². The molecule has 1 unspecified atom stereocenters. The predicted molar refractivity (Wildman–Crippen MR) is 80.5 cm³/mol. The van der Waals surface area contributed by atoms with Gasteiger partial charge in [0, 0.05) is 6.20 Å². The molecule has 1 aliphatic rings. The summed E-state index contributed by atoms with van der Waals surface area (Å²) in [4.78, 5) is 36.1. The van der Waals surface area contributed by atoms with Gasteiger partial charge < -0.3 is 9.88 Å². The number of carbonyl (C=O) groups is 2. The van der Waals surface area contributed by atoms with Gasteiger partial charge in [0.05, 0.1) is 6.54 Å². The molecule has 0 radical (unpaired) electrons. The van der Waals surface area contributed by atoms with Crippen LogP contribution >= 0.6 is 11.6 Å². The molecule has 2 aromatic rings. The summed E-state index contributed by atoms with van der Waals surface area (Å²) in [6.07, 6.45) is 1.46. The molecule has 0 spiro atoms. The maximum Gasteiger partial charge on any atom is 0.322 e. The number of nitrogens with zero attached hydrogens (tertiary/aromatic N) is 1. The number of benzene rings is 1. The smallest absolute Gasteiger partial charge is 0.318 e. The van der Waals surface area contributed by atoms with Gasteiger partial charge in [-0.25, -0.2) is 9.18 Å². The maximum absolute atomic E-state index is 13.2. The largest absolute Gasteiger partial charge is 0.322 e. The van der Waals surface area contributed by atoms with Crippen molar-refractivity contribution in [3.05, 3.63) is 69.4 Å². The van der Waals surface area contributed by atoms with Crippen molar-refractivity contribution in [2.45, 2.75) is 12.1 Å². The van der Waals surface area contributed by atoms with Crippen LogP contribution in [-0.2, 0) is 16.9 Å². The minimum absolute atomic E-state index is 0.00788. The van der Waals surface area contributed by atoms with Crippen LogP contribution in [0.2, 0.25) is 5.02 Å². The average molecular weight is 336 g/mol. The molecule has 23 heavy (non-hydrogen) atoms. The van der Waals surface area contributed by atoms with Crippen LogP contribution in [-0.4, -0.2) is 16.5 Å². The summed E-state index contributed by atoms with van der Waals surface area (Å²) in [7, 11) is 0. The molecule has 1 fully saturated rings. The number of pyridine rings is 1. The number of nitrogens with one attached hydrogen (secondary N) is 2. The summed E-state index contributed by atoms with van der Waals surface area (Å²) >= 11 is 5.81. The van der Waals surface area contributed by atoms with Crippen LogP contribution in [0.1, 0.15) is 5.56 Å². The van der Waals surface area contributed by atoms with E-state index in [9.17, 15) is 18.8 Å². The lowest BCUT2D eigenvalue weighted by Gasteiger charge is -2.27. The zero-order valence-corrected chi connectivity index (χ0v) is 12.4. The SMILES string of the molecule is O=C1NC(=O)C(Cn2cccc(Cl)c2=O)(c2ccc(F)cc2)N1. The quantitative estimate of drug-likeness (QED) is 0.831. The third-order valence-electron chi connectivity index (χ3n) is 3.66. The number of hydrogen-bond donors (Lipinski definition) is 2. The standard InChI is InChI=1S/C15H11ClFN3O3/c16-11-2-1-7-20(12(11)21)8-15(13(22)18-14(23)19-15)9-3-5-10(17)6-4-9/h1-7H,8H2,(H2,18,19,22,23). The van der Waals surface area contributed by atoms with Crippen molar-refractivity contribution in [3.8, 4) is 0 Å². The van der Waals surface area contributed by atoms with Gasteiger partial charge >= 0.3 is 6.03 Å². The van der Waals surface area contributed by atoms with Crippen LogP contribution in [0.25, 0.3) is 0 Å². The van der Waals surface area contributed by atoms with Gasteiger partial charge in [0.1, 0.15) is 10.8 Å². The average Bonchev–Trinajstić information content (AvgIpc) is 2.79. The van der Waals surface area contributed by atoms with Gasteiger partial charge in [-0.15, -0.1) is 0 Å². The van der Waals surface area contributed by atoms with E-state index in [0.717, 1.165) is 0 Å². The van der Waals surface area contributed by atoms with Crippen LogP contribution in [0.4, 0.5) is 9.18 Å². The highest BCUT2D eigenvalue weighted by molar-refractivity contribution is 6.30. The molecule has 0 bridgehead atoms. The second kappa shape index (κ2) is 5.51. The molecule has 3 amide bonds. The summed E-state index contributed by atoms with van der Waals surface area (Å²) in [5, 5.41) is 4.66. The summed E-state index contributed by atoms with van der Waals surface area (Å²) in [5.41, 5.74) is -1.65. The Balaban J connectivity index is 2.12. The van der Waals surface area contributed by atoms with Gasteiger partial charge in [0.25, 0.3) is 11.5 Å². The van der Waals surface area contributed by atoms with Crippen LogP contribution < -0.4 is 16.2 Å². The minimum Gasteiger partial charge on any atom is -0.318 e. The van der Waals surface area contributed by atoms with E-state index in [1.54, 1.807) is 6.07 Å². The third-order valence-corrected chi connectivity index (χ3v) is 3.95. The monoisotopic (exact) mass is 335 g/mol. The molecule has 1 saturated heterocycles. The van der Waals surface area contributed by atoms with Crippen molar-refractivity contribution < 1.29 is 14.0 Å². The molecule has 6 nitrogen and oxygen atoms in total. The molecule has 2 heterocycles. The van der Waals surface area contributed by atoms with Gasteiger partial charge in [-0.1, -0.05) is 23.7 Å². The Labute approximate surface area is 134 Å². The second-order valence-electron chi connectivity index (χ2n) is 5.11. The lowest BCUT2D eigenvalue weighted by Crippen LogP contribution is -2.49. The number of carbonyl (C=O) groups excluding carboxylic acids is 2. The molecule has 1 aromatic heterocycles. The number of imide groups is 1. The molecule has 2 N–H and O–H groups in total. The minimum atomic E-state index is -1.51. The molecule has 0 saturated carbocycles. The van der Waals surface area contributed by atoms with Crippen molar-refractivity contribution in [3.63, 3.8) is 0 Å². The lowest BCUT2D eigenvalue weighted by molar-refractivity contribution is -0.124. The normalized spacial score (nSPS) is 20.3. The van der Waals surface area contributed by atoms with Crippen molar-refractivity contribution >= 4 is 23.5 Å². The third kappa shape index (κ3) is 2.59. The Bertz CT molecular complexity index is 850. The first-order valence-corrected chi connectivity index (χ1v) is 7.05. The topological polar surface area (TPSA) is 80.2 Å². The highest BCUT2D eigenvalue weighted by Crippen LogP contribution is 2.27. The van der Waals surface area contributed by atoms with E-state index in [2.05, 4.69) is 10.6 Å². The fourth-order valence-electron chi connectivity index (χ4n) is 2.52. The molecule has 1 aliphatic heterocycles. The number of halogens is 2. The van der Waals surface area contributed by atoms with E-state index in [4.69, 9.17) is 11.6 Å². The van der Waals surface area contributed by atoms with Crippen molar-refractivity contribution in [2.24, 2.45) is 0 Å². The van der Waals surface area contributed by atoms with E-state index in [0.29, 0.717) is 5.56 Å². The highest BCUT2D eigenvalue weighted by atomic mass is 35.5. The number of urea groups is 1. The fourth-order valence-corrected chi connectivity index (χ4v) is 2.70. The molecule has 3 rings (SSSR count). The summed E-state index contributed by atoms with van der Waals surface area (Å²) in [5.74, 6) is -1.10. The van der Waals surface area contributed by atoms with Gasteiger partial charge in [0.2, 0.25) is 0 Å².